The number of carbonyl (C=O) groups is 3. The summed E-state index contributed by atoms with van der Waals surface area (Å²) in [6, 6.07) is 7.12. The zero-order valence-corrected chi connectivity index (χ0v) is 16.7. The molecular formula is C19H19N3O4S2. The highest BCUT2D eigenvalue weighted by Gasteiger charge is 2.36. The van der Waals surface area contributed by atoms with Gasteiger partial charge in [0, 0.05) is 16.1 Å². The molecule has 0 saturated heterocycles. The second kappa shape index (κ2) is 7.84. The molecule has 4 rings (SSSR count). The number of nitrogens with one attached hydrogen (secondary N) is 3. The van der Waals surface area contributed by atoms with Crippen molar-refractivity contribution in [1.82, 2.24) is 5.32 Å². The highest BCUT2D eigenvalue weighted by atomic mass is 32.2. The van der Waals surface area contributed by atoms with Crippen LogP contribution in [0.25, 0.3) is 0 Å². The molecular weight excluding hydrogens is 398 g/mol. The molecule has 1 unspecified atom stereocenters. The van der Waals surface area contributed by atoms with Gasteiger partial charge in [0.25, 0.3) is 11.8 Å². The molecule has 28 heavy (non-hydrogen) atoms. The van der Waals surface area contributed by atoms with Crippen LogP contribution in [0.15, 0.2) is 34.5 Å². The van der Waals surface area contributed by atoms with Crippen LogP contribution in [-0.2, 0) is 4.74 Å². The first kappa shape index (κ1) is 18.8. The summed E-state index contributed by atoms with van der Waals surface area (Å²) in [6.45, 7) is 1.82. The van der Waals surface area contributed by atoms with Gasteiger partial charge >= 0.3 is 6.09 Å². The minimum absolute atomic E-state index is 0.165. The van der Waals surface area contributed by atoms with E-state index in [1.807, 2.05) is 23.9 Å². The average molecular weight is 418 g/mol. The Morgan fingerprint density at radius 2 is 2.04 bits per heavy atom. The van der Waals surface area contributed by atoms with Gasteiger partial charge in [0.15, 0.2) is 0 Å². The average Bonchev–Trinajstić information content (AvgIpc) is 3.26. The number of benzene rings is 1. The van der Waals surface area contributed by atoms with Crippen molar-refractivity contribution in [3.63, 3.8) is 0 Å². The molecule has 1 atom stereocenters. The Labute approximate surface area is 170 Å². The van der Waals surface area contributed by atoms with Gasteiger partial charge in [-0.05, 0) is 55.3 Å². The maximum atomic E-state index is 12.7. The third-order valence-electron chi connectivity index (χ3n) is 4.47. The zero-order chi connectivity index (χ0) is 19.7. The summed E-state index contributed by atoms with van der Waals surface area (Å²) in [6.07, 6.45) is 1.69. The van der Waals surface area contributed by atoms with Gasteiger partial charge in [-0.3, -0.25) is 14.9 Å². The SMILES string of the molecule is CCOC(=O)NC(=O)c1ccsc1NC(=O)c1ccc2c(c1)NC(C1CC1)S2. The number of alkyl carbamates (subject to hydrolysis) is 1. The minimum Gasteiger partial charge on any atom is -0.450 e. The Hall–Kier alpha value is -2.52. The normalized spacial score (nSPS) is 17.4. The molecule has 0 spiro atoms. The number of carbonyl (C=O) groups excluding carboxylic acids is 3. The first-order chi connectivity index (χ1) is 13.5. The molecule has 0 radical (unpaired) electrons. The highest BCUT2D eigenvalue weighted by molar-refractivity contribution is 8.00. The maximum Gasteiger partial charge on any atom is 0.414 e. The topological polar surface area (TPSA) is 96.5 Å². The minimum atomic E-state index is -0.816. The lowest BCUT2D eigenvalue weighted by Crippen LogP contribution is -2.31. The van der Waals surface area contributed by atoms with Crippen LogP contribution >= 0.6 is 23.1 Å². The molecule has 1 saturated carbocycles. The molecule has 1 aromatic carbocycles. The number of fused-ring (bicyclic) bond motifs is 1. The van der Waals surface area contributed by atoms with E-state index in [2.05, 4.69) is 16.0 Å². The van der Waals surface area contributed by atoms with E-state index in [9.17, 15) is 14.4 Å². The van der Waals surface area contributed by atoms with E-state index in [1.165, 1.54) is 24.2 Å². The Bertz CT molecular complexity index is 939. The van der Waals surface area contributed by atoms with E-state index >= 15 is 0 Å². The summed E-state index contributed by atoms with van der Waals surface area (Å²) in [7, 11) is 0. The number of thiophene rings is 1. The predicted octanol–water partition coefficient (Wildman–Crippen LogP) is 4.14. The van der Waals surface area contributed by atoms with Crippen LogP contribution in [0.2, 0.25) is 0 Å². The standard InChI is InChI=1S/C19H19N3O4S2/c1-2-26-19(25)22-16(24)12-7-8-27-18(12)21-15(23)11-5-6-14-13(9-11)20-17(28-14)10-3-4-10/h5-10,17,20H,2-4H2,1H3,(H,21,23)(H,22,24,25). The molecule has 2 aromatic rings. The molecule has 2 aliphatic rings. The second-order valence-electron chi connectivity index (χ2n) is 6.52. The monoisotopic (exact) mass is 417 g/mol. The summed E-state index contributed by atoms with van der Waals surface area (Å²) < 4.78 is 4.71. The highest BCUT2D eigenvalue weighted by Crippen LogP contribution is 2.48. The Morgan fingerprint density at radius 3 is 2.79 bits per heavy atom. The molecule has 1 fully saturated rings. The van der Waals surface area contributed by atoms with Crippen molar-refractivity contribution in [3.8, 4) is 0 Å². The molecule has 1 aliphatic carbocycles. The second-order valence-corrected chi connectivity index (χ2v) is 8.62. The summed E-state index contributed by atoms with van der Waals surface area (Å²) in [4.78, 5) is 37.5. The summed E-state index contributed by atoms with van der Waals surface area (Å²) in [5.74, 6) is -0.215. The predicted molar refractivity (Wildman–Crippen MR) is 109 cm³/mol. The molecule has 2 heterocycles. The van der Waals surface area contributed by atoms with E-state index in [1.54, 1.807) is 24.4 Å². The number of hydrogen-bond acceptors (Lipinski definition) is 7. The van der Waals surface area contributed by atoms with Gasteiger partial charge in [0.05, 0.1) is 17.5 Å². The zero-order valence-electron chi connectivity index (χ0n) is 15.1. The van der Waals surface area contributed by atoms with E-state index in [-0.39, 0.29) is 18.1 Å². The van der Waals surface area contributed by atoms with Crippen LogP contribution < -0.4 is 16.0 Å². The summed E-state index contributed by atoms with van der Waals surface area (Å²) in [5, 5.41) is 10.8. The van der Waals surface area contributed by atoms with Crippen molar-refractivity contribution in [2.75, 3.05) is 17.2 Å². The molecule has 7 nitrogen and oxygen atoms in total. The van der Waals surface area contributed by atoms with Crippen LogP contribution in [0.5, 0.6) is 0 Å². The van der Waals surface area contributed by atoms with Gasteiger partial charge in [-0.2, -0.15) is 0 Å². The van der Waals surface area contributed by atoms with Gasteiger partial charge < -0.3 is 15.4 Å². The molecule has 3 N–H and O–H groups in total. The molecule has 9 heteroatoms. The fourth-order valence-electron chi connectivity index (χ4n) is 2.91. The van der Waals surface area contributed by atoms with Gasteiger partial charge in [-0.25, -0.2) is 4.79 Å². The molecule has 0 bridgehead atoms. The molecule has 146 valence electrons. The number of ether oxygens (including phenoxy) is 1. The van der Waals surface area contributed by atoms with Crippen LogP contribution in [-0.4, -0.2) is 29.9 Å². The lowest BCUT2D eigenvalue weighted by molar-refractivity contribution is 0.0926. The van der Waals surface area contributed by atoms with Crippen molar-refractivity contribution < 1.29 is 19.1 Å². The Kier molecular flexibility index (Phi) is 5.27. The molecule has 1 aliphatic heterocycles. The number of hydrogen-bond donors (Lipinski definition) is 3. The number of anilines is 2. The van der Waals surface area contributed by atoms with Crippen molar-refractivity contribution in [2.45, 2.75) is 30.0 Å². The van der Waals surface area contributed by atoms with Crippen molar-refractivity contribution in [2.24, 2.45) is 5.92 Å². The first-order valence-corrected chi connectivity index (χ1v) is 10.7. The largest absolute Gasteiger partial charge is 0.450 e. The molecule has 3 amide bonds. The Morgan fingerprint density at radius 1 is 1.21 bits per heavy atom. The maximum absolute atomic E-state index is 12.7. The Balaban J connectivity index is 1.44. The van der Waals surface area contributed by atoms with Crippen molar-refractivity contribution in [3.05, 3.63) is 40.8 Å². The fraction of sp³-hybridized carbons (Fsp3) is 0.316. The van der Waals surface area contributed by atoms with Crippen molar-refractivity contribution in [1.29, 1.82) is 0 Å². The van der Waals surface area contributed by atoms with E-state index < -0.39 is 12.0 Å². The van der Waals surface area contributed by atoms with Crippen LogP contribution in [0.3, 0.4) is 0 Å². The van der Waals surface area contributed by atoms with Crippen LogP contribution in [0.4, 0.5) is 15.5 Å². The third-order valence-corrected chi connectivity index (χ3v) is 6.67. The van der Waals surface area contributed by atoms with E-state index in [0.717, 1.165) is 10.6 Å². The lowest BCUT2D eigenvalue weighted by Gasteiger charge is -2.09. The van der Waals surface area contributed by atoms with Crippen molar-refractivity contribution >= 4 is 51.7 Å². The van der Waals surface area contributed by atoms with Gasteiger partial charge in [-0.15, -0.1) is 11.3 Å². The smallest absolute Gasteiger partial charge is 0.414 e. The number of rotatable bonds is 5. The van der Waals surface area contributed by atoms with Crippen LogP contribution in [0, 0.1) is 5.92 Å². The first-order valence-electron chi connectivity index (χ1n) is 8.99. The summed E-state index contributed by atoms with van der Waals surface area (Å²) >= 11 is 3.03. The fourth-order valence-corrected chi connectivity index (χ4v) is 5.00. The van der Waals surface area contributed by atoms with E-state index in [4.69, 9.17) is 4.74 Å². The van der Waals surface area contributed by atoms with E-state index in [0.29, 0.717) is 21.9 Å². The number of amides is 3. The van der Waals surface area contributed by atoms with Crippen LogP contribution in [0.1, 0.15) is 40.5 Å². The lowest BCUT2D eigenvalue weighted by atomic mass is 10.2. The molecule has 1 aromatic heterocycles. The van der Waals surface area contributed by atoms with Gasteiger partial charge in [-0.1, -0.05) is 11.8 Å². The summed E-state index contributed by atoms with van der Waals surface area (Å²) in [5.41, 5.74) is 1.70. The van der Waals surface area contributed by atoms with Gasteiger partial charge in [0.2, 0.25) is 0 Å². The number of thioether (sulfide) groups is 1. The number of imide groups is 1. The van der Waals surface area contributed by atoms with Gasteiger partial charge in [0.1, 0.15) is 5.00 Å². The third kappa shape index (κ3) is 4.00. The quantitative estimate of drug-likeness (QED) is 0.677.